The molecule has 11 rings (SSSR count). The van der Waals surface area contributed by atoms with Crippen LogP contribution >= 0.6 is 0 Å². The molecule has 0 unspecified atom stereocenters. The van der Waals surface area contributed by atoms with Gasteiger partial charge in [-0.2, -0.15) is 0 Å². The van der Waals surface area contributed by atoms with Crippen molar-refractivity contribution >= 4 is 58.4 Å². The van der Waals surface area contributed by atoms with Crippen LogP contribution in [0.3, 0.4) is 0 Å². The van der Waals surface area contributed by atoms with Gasteiger partial charge in [-0.15, -0.1) is 0 Å². The second-order valence-corrected chi connectivity index (χ2v) is 19.1. The Morgan fingerprint density at radius 2 is 0.686 bits per heavy atom. The van der Waals surface area contributed by atoms with Crippen LogP contribution in [0.5, 0.6) is 11.5 Å². The van der Waals surface area contributed by atoms with Crippen LogP contribution < -0.4 is 19.3 Å². The van der Waals surface area contributed by atoms with Gasteiger partial charge in [0, 0.05) is 46.0 Å². The summed E-state index contributed by atoms with van der Waals surface area (Å²) in [6.07, 6.45) is 16.3. The van der Waals surface area contributed by atoms with Crippen molar-refractivity contribution in [1.82, 2.24) is 9.97 Å². The van der Waals surface area contributed by atoms with Gasteiger partial charge in [-0.3, -0.25) is 9.97 Å². The summed E-state index contributed by atoms with van der Waals surface area (Å²) in [6.45, 7) is 9.35. The van der Waals surface area contributed by atoms with Crippen molar-refractivity contribution in [2.24, 2.45) is 0 Å². The van der Waals surface area contributed by atoms with E-state index in [0.717, 1.165) is 56.8 Å². The summed E-state index contributed by atoms with van der Waals surface area (Å²) < 4.78 is 10.9. The van der Waals surface area contributed by atoms with Crippen molar-refractivity contribution < 1.29 is 9.47 Å². The Kier molecular flexibility index (Phi) is 11.2. The molecule has 0 saturated heterocycles. The first-order valence-corrected chi connectivity index (χ1v) is 23.8. The van der Waals surface area contributed by atoms with Crippen molar-refractivity contribution in [3.05, 3.63) is 239 Å². The van der Waals surface area contributed by atoms with Crippen LogP contribution in [-0.4, -0.2) is 24.2 Å². The number of methoxy groups -OCH3 is 2. The highest BCUT2D eigenvalue weighted by Crippen LogP contribution is 2.53. The van der Waals surface area contributed by atoms with Crippen molar-refractivity contribution in [2.75, 3.05) is 24.0 Å². The van der Waals surface area contributed by atoms with E-state index in [2.05, 4.69) is 205 Å². The number of fused-ring (bicyclic) bond motifs is 6. The Morgan fingerprint density at radius 1 is 0.357 bits per heavy atom. The summed E-state index contributed by atoms with van der Waals surface area (Å²) in [7, 11) is 3.39. The van der Waals surface area contributed by atoms with Gasteiger partial charge in [-0.05, 0) is 164 Å². The lowest BCUT2D eigenvalue weighted by atomic mass is 9.81. The van der Waals surface area contributed by atoms with Gasteiger partial charge in [0.15, 0.2) is 0 Å². The zero-order valence-corrected chi connectivity index (χ0v) is 40.4. The third kappa shape index (κ3) is 8.01. The van der Waals surface area contributed by atoms with E-state index >= 15 is 0 Å². The summed E-state index contributed by atoms with van der Waals surface area (Å²) >= 11 is 0. The summed E-state index contributed by atoms with van der Waals surface area (Å²) in [5.74, 6) is 1.65. The lowest BCUT2D eigenvalue weighted by Gasteiger charge is -2.28. The molecule has 0 atom stereocenters. The average molecular weight is 911 g/mol. The van der Waals surface area contributed by atoms with E-state index in [-0.39, 0.29) is 10.8 Å². The summed E-state index contributed by atoms with van der Waals surface area (Å²) in [5.41, 5.74) is 21.0. The molecule has 2 heterocycles. The molecule has 0 bridgehead atoms. The molecule has 6 nitrogen and oxygen atoms in total. The molecule has 0 fully saturated rings. The zero-order valence-electron chi connectivity index (χ0n) is 40.4. The molecule has 0 N–H and O–H groups in total. The molecule has 2 aromatic heterocycles. The van der Waals surface area contributed by atoms with Crippen molar-refractivity contribution in [2.45, 2.75) is 38.5 Å². The van der Waals surface area contributed by atoms with Gasteiger partial charge in [-0.1, -0.05) is 125 Å². The largest absolute Gasteiger partial charge is 0.497 e. The van der Waals surface area contributed by atoms with Crippen LogP contribution in [0.4, 0.5) is 34.1 Å². The number of rotatable bonds is 12. The molecule has 0 aliphatic heterocycles. The molecule has 9 aromatic rings. The molecule has 7 aromatic carbocycles. The molecule has 6 heteroatoms. The molecule has 2 aliphatic carbocycles. The molecule has 2 aliphatic rings. The van der Waals surface area contributed by atoms with Gasteiger partial charge in [-0.25, -0.2) is 0 Å². The van der Waals surface area contributed by atoms with E-state index in [9.17, 15) is 0 Å². The minimum absolute atomic E-state index is 0.192. The highest BCUT2D eigenvalue weighted by atomic mass is 16.5. The van der Waals surface area contributed by atoms with E-state index in [4.69, 9.17) is 9.47 Å². The molecular formula is C64H54N4O2. The van der Waals surface area contributed by atoms with Crippen molar-refractivity contribution in [1.29, 1.82) is 0 Å². The molecule has 70 heavy (non-hydrogen) atoms. The monoisotopic (exact) mass is 910 g/mol. The van der Waals surface area contributed by atoms with Crippen LogP contribution in [0.1, 0.15) is 72.2 Å². The Balaban J connectivity index is 0.794. The minimum atomic E-state index is -0.192. The van der Waals surface area contributed by atoms with Gasteiger partial charge in [0.1, 0.15) is 11.5 Å². The first-order valence-electron chi connectivity index (χ1n) is 23.8. The molecular weight excluding hydrogens is 857 g/mol. The Hall–Kier alpha value is -8.48. The topological polar surface area (TPSA) is 50.7 Å². The van der Waals surface area contributed by atoms with E-state index in [1.165, 1.54) is 55.6 Å². The number of nitrogens with zero attached hydrogens (tertiary/aromatic N) is 4. The maximum atomic E-state index is 5.47. The summed E-state index contributed by atoms with van der Waals surface area (Å²) in [4.78, 5) is 13.4. The second kappa shape index (κ2) is 17.9. The molecule has 0 saturated carbocycles. The van der Waals surface area contributed by atoms with E-state index in [0.29, 0.717) is 0 Å². The van der Waals surface area contributed by atoms with Gasteiger partial charge in [0.25, 0.3) is 0 Å². The Labute approximate surface area is 411 Å². The Bertz CT molecular complexity index is 3200. The fourth-order valence-electron chi connectivity index (χ4n) is 10.4. The highest BCUT2D eigenvalue weighted by Gasteiger charge is 2.37. The predicted octanol–water partition coefficient (Wildman–Crippen LogP) is 16.4. The molecule has 0 radical (unpaired) electrons. The quantitative estimate of drug-likeness (QED) is 0.114. The number of ether oxygens (including phenoxy) is 2. The maximum Gasteiger partial charge on any atom is 0.119 e. The number of hydrogen-bond donors (Lipinski definition) is 0. The predicted molar refractivity (Wildman–Crippen MR) is 290 cm³/mol. The van der Waals surface area contributed by atoms with Crippen LogP contribution in [-0.2, 0) is 10.8 Å². The minimum Gasteiger partial charge on any atom is -0.497 e. The van der Waals surface area contributed by atoms with E-state index in [1.54, 1.807) is 14.2 Å². The smallest absolute Gasteiger partial charge is 0.119 e. The zero-order chi connectivity index (χ0) is 48.0. The summed E-state index contributed by atoms with van der Waals surface area (Å²) in [6, 6.07) is 60.8. The van der Waals surface area contributed by atoms with Crippen LogP contribution in [0.2, 0.25) is 0 Å². The fraction of sp³-hybridized carbons (Fsp3) is 0.125. The second-order valence-electron chi connectivity index (χ2n) is 19.1. The lowest BCUT2D eigenvalue weighted by Crippen LogP contribution is -2.16. The first kappa shape index (κ1) is 44.1. The normalized spacial score (nSPS) is 13.7. The van der Waals surface area contributed by atoms with Crippen LogP contribution in [0, 0.1) is 0 Å². The molecule has 0 amide bonds. The number of benzene rings is 7. The average Bonchev–Trinajstić information content (AvgIpc) is 3.76. The van der Waals surface area contributed by atoms with Gasteiger partial charge < -0.3 is 19.3 Å². The third-order valence-corrected chi connectivity index (χ3v) is 14.2. The first-order chi connectivity index (χ1) is 34.1. The van der Waals surface area contributed by atoms with Crippen molar-refractivity contribution in [3.63, 3.8) is 0 Å². The third-order valence-electron chi connectivity index (χ3n) is 14.2. The number of pyridine rings is 2. The maximum absolute atomic E-state index is 5.47. The summed E-state index contributed by atoms with van der Waals surface area (Å²) in [5, 5.41) is 0. The lowest BCUT2D eigenvalue weighted by molar-refractivity contribution is 0.414. The fourth-order valence-corrected chi connectivity index (χ4v) is 10.4. The number of aromatic nitrogens is 2. The van der Waals surface area contributed by atoms with E-state index < -0.39 is 0 Å². The molecule has 0 spiro atoms. The SMILES string of the molecule is COc1ccc(N(c2cccnc2)c2ccc3c(c2)C(C)(C)c2cc(C=Cc4ccc(C=Cc5ccc6c(c5)C(C)(C)c5cc(N(c7ccc(OC)cc7)c7cccnc7)ccc5-6)cc4)ccc2-3)cc1. The molecule has 342 valence electrons. The van der Waals surface area contributed by atoms with Crippen molar-refractivity contribution in [3.8, 4) is 33.8 Å². The van der Waals surface area contributed by atoms with Gasteiger partial charge >= 0.3 is 0 Å². The van der Waals surface area contributed by atoms with Gasteiger partial charge in [0.05, 0.1) is 38.0 Å². The number of anilines is 6. The van der Waals surface area contributed by atoms with Gasteiger partial charge in [0.2, 0.25) is 0 Å². The Morgan fingerprint density at radius 3 is 1.04 bits per heavy atom. The van der Waals surface area contributed by atoms with E-state index in [1.807, 2.05) is 61.2 Å². The van der Waals surface area contributed by atoms with Crippen LogP contribution in [0.25, 0.3) is 46.6 Å². The highest BCUT2D eigenvalue weighted by molar-refractivity contribution is 5.89. The number of hydrogen-bond acceptors (Lipinski definition) is 6. The van der Waals surface area contributed by atoms with Crippen LogP contribution in [0.15, 0.2) is 195 Å². The standard InChI is InChI=1S/C64H54N4O2/c1-63(2)59-37-45(19-31-55(59)57-33-25-49(39-61(57)63)67(51-9-7-35-65-41-51)47-21-27-53(69-5)28-22-47)17-15-43-11-13-44(14-12-43)16-18-46-20-32-56-58-34-26-50(40-62(58)64(3,4)60(56)38-46)68(52-10-8-36-66-42-52)48-23-29-54(70-6)30-24-48/h7-42H,1-6H3.